The highest BCUT2D eigenvalue weighted by molar-refractivity contribution is 7.91. The van der Waals surface area contributed by atoms with Gasteiger partial charge in [-0.25, -0.2) is 13.2 Å². The second-order valence-electron chi connectivity index (χ2n) is 3.73. The van der Waals surface area contributed by atoms with E-state index in [9.17, 15) is 18.3 Å². The minimum Gasteiger partial charge on any atom is -0.387 e. The summed E-state index contributed by atoms with van der Waals surface area (Å²) in [7, 11) is -3.24. The number of carbonyl (C=O) groups excluding carboxylic acids is 1. The van der Waals surface area contributed by atoms with Crippen LogP contribution in [0.25, 0.3) is 0 Å². The first kappa shape index (κ1) is 14.5. The van der Waals surface area contributed by atoms with E-state index < -0.39 is 22.0 Å². The van der Waals surface area contributed by atoms with Crippen molar-refractivity contribution in [2.24, 2.45) is 5.73 Å². The lowest BCUT2D eigenvalue weighted by Crippen LogP contribution is -2.32. The Hall–Kier alpha value is -1.60. The Bertz CT molecular complexity index is 510. The predicted octanol–water partition coefficient (Wildman–Crippen LogP) is 0.182. The van der Waals surface area contributed by atoms with Gasteiger partial charge in [-0.1, -0.05) is 19.1 Å². The number of hydrogen-bond donors (Lipinski definition) is 3. The van der Waals surface area contributed by atoms with Gasteiger partial charge >= 0.3 is 6.03 Å². The van der Waals surface area contributed by atoms with Gasteiger partial charge in [-0.05, 0) is 17.7 Å². The maximum Gasteiger partial charge on any atom is 0.312 e. The third-order valence-electron chi connectivity index (χ3n) is 2.47. The predicted molar refractivity (Wildman–Crippen MR) is 66.7 cm³/mol. The Kier molecular flexibility index (Phi) is 4.69. The number of sulfone groups is 1. The molecule has 0 saturated carbocycles. The average molecular weight is 272 g/mol. The topological polar surface area (TPSA) is 109 Å². The van der Waals surface area contributed by atoms with E-state index in [0.29, 0.717) is 5.56 Å². The number of rotatable bonds is 5. The molecule has 0 aliphatic rings. The summed E-state index contributed by atoms with van der Waals surface area (Å²) in [4.78, 5) is 10.7. The molecular formula is C11H16N2O4S. The summed E-state index contributed by atoms with van der Waals surface area (Å²) >= 11 is 0. The van der Waals surface area contributed by atoms with Crippen molar-refractivity contribution in [1.29, 1.82) is 0 Å². The van der Waals surface area contributed by atoms with Gasteiger partial charge in [0, 0.05) is 6.54 Å². The van der Waals surface area contributed by atoms with Crippen LogP contribution in [0.2, 0.25) is 0 Å². The van der Waals surface area contributed by atoms with Crippen LogP contribution in [-0.4, -0.2) is 31.9 Å². The van der Waals surface area contributed by atoms with E-state index in [-0.39, 0.29) is 17.2 Å². The molecule has 0 heterocycles. The van der Waals surface area contributed by atoms with Crippen LogP contribution in [0.1, 0.15) is 18.6 Å². The largest absolute Gasteiger partial charge is 0.387 e. The molecule has 1 aromatic carbocycles. The summed E-state index contributed by atoms with van der Waals surface area (Å²) < 4.78 is 23.1. The second kappa shape index (κ2) is 5.83. The molecule has 0 bridgehead atoms. The van der Waals surface area contributed by atoms with Crippen LogP contribution in [0, 0.1) is 0 Å². The molecule has 1 rings (SSSR count). The van der Waals surface area contributed by atoms with Gasteiger partial charge in [0.05, 0.1) is 16.8 Å². The normalized spacial score (nSPS) is 13.0. The average Bonchev–Trinajstić information content (AvgIpc) is 2.36. The van der Waals surface area contributed by atoms with Crippen LogP contribution in [0.4, 0.5) is 4.79 Å². The lowest BCUT2D eigenvalue weighted by atomic mass is 10.1. The molecule has 0 fully saturated rings. The molecular weight excluding hydrogens is 256 g/mol. The minimum absolute atomic E-state index is 0.0186. The fourth-order valence-corrected chi connectivity index (χ4v) is 2.26. The number of urea groups is 1. The molecule has 1 aromatic rings. The summed E-state index contributed by atoms with van der Waals surface area (Å²) in [5, 5.41) is 12.0. The monoisotopic (exact) mass is 272 g/mol. The van der Waals surface area contributed by atoms with E-state index in [2.05, 4.69) is 5.32 Å². The number of aliphatic hydroxyl groups excluding tert-OH is 1. The molecule has 2 amide bonds. The van der Waals surface area contributed by atoms with Gasteiger partial charge in [0.2, 0.25) is 0 Å². The SMILES string of the molecule is CCS(=O)(=O)c1ccc([C@@H](O)CNC(N)=O)cc1. The standard InChI is InChI=1S/C11H16N2O4S/c1-2-18(16,17)9-5-3-8(4-6-9)10(14)7-13-11(12)15/h3-6,10,14H,2,7H2,1H3,(H3,12,13,15)/t10-/m0/s1. The molecule has 0 saturated heterocycles. The molecule has 6 nitrogen and oxygen atoms in total. The summed E-state index contributed by atoms with van der Waals surface area (Å²) in [5.41, 5.74) is 5.39. The maximum absolute atomic E-state index is 11.6. The van der Waals surface area contributed by atoms with Crippen molar-refractivity contribution in [2.45, 2.75) is 17.9 Å². The molecule has 100 valence electrons. The minimum atomic E-state index is -3.24. The third kappa shape index (κ3) is 3.71. The number of amides is 2. The zero-order chi connectivity index (χ0) is 13.8. The molecule has 7 heteroatoms. The van der Waals surface area contributed by atoms with E-state index in [0.717, 1.165) is 0 Å². The van der Waals surface area contributed by atoms with Crippen molar-refractivity contribution >= 4 is 15.9 Å². The molecule has 0 radical (unpaired) electrons. The molecule has 0 unspecified atom stereocenters. The number of primary amides is 1. The van der Waals surface area contributed by atoms with Crippen molar-refractivity contribution in [1.82, 2.24) is 5.32 Å². The number of carbonyl (C=O) groups is 1. The molecule has 0 aliphatic heterocycles. The Labute approximate surface area is 106 Å². The molecule has 0 spiro atoms. The van der Waals surface area contributed by atoms with Crippen LogP contribution in [0.3, 0.4) is 0 Å². The van der Waals surface area contributed by atoms with E-state index in [1.54, 1.807) is 6.92 Å². The van der Waals surface area contributed by atoms with Gasteiger partial charge in [0.25, 0.3) is 0 Å². The highest BCUT2D eigenvalue weighted by Gasteiger charge is 2.13. The summed E-state index contributed by atoms with van der Waals surface area (Å²) in [6.45, 7) is 1.55. The molecule has 18 heavy (non-hydrogen) atoms. The Morgan fingerprint density at radius 1 is 1.39 bits per heavy atom. The second-order valence-corrected chi connectivity index (χ2v) is 6.01. The van der Waals surface area contributed by atoms with Crippen LogP contribution < -0.4 is 11.1 Å². The van der Waals surface area contributed by atoms with Crippen molar-refractivity contribution in [3.8, 4) is 0 Å². The molecule has 1 atom stereocenters. The zero-order valence-corrected chi connectivity index (χ0v) is 10.8. The maximum atomic E-state index is 11.6. The van der Waals surface area contributed by atoms with Gasteiger partial charge in [-0.2, -0.15) is 0 Å². The van der Waals surface area contributed by atoms with Gasteiger partial charge in [0.1, 0.15) is 0 Å². The van der Waals surface area contributed by atoms with Crippen LogP contribution in [0.5, 0.6) is 0 Å². The quantitative estimate of drug-likeness (QED) is 0.710. The third-order valence-corrected chi connectivity index (χ3v) is 4.22. The Balaban J connectivity index is 2.80. The Morgan fingerprint density at radius 2 is 1.94 bits per heavy atom. The zero-order valence-electron chi connectivity index (χ0n) is 9.96. The first-order valence-electron chi connectivity index (χ1n) is 5.41. The van der Waals surface area contributed by atoms with Crippen molar-refractivity contribution in [3.05, 3.63) is 29.8 Å². The number of nitrogens with two attached hydrogens (primary N) is 1. The fourth-order valence-electron chi connectivity index (χ4n) is 1.38. The Morgan fingerprint density at radius 3 is 2.39 bits per heavy atom. The van der Waals surface area contributed by atoms with Gasteiger partial charge < -0.3 is 16.2 Å². The van der Waals surface area contributed by atoms with E-state index >= 15 is 0 Å². The van der Waals surface area contributed by atoms with Crippen LogP contribution in [-0.2, 0) is 9.84 Å². The summed E-state index contributed by atoms with van der Waals surface area (Å²) in [6.07, 6.45) is -0.920. The van der Waals surface area contributed by atoms with E-state index in [1.807, 2.05) is 0 Å². The number of benzene rings is 1. The number of hydrogen-bond acceptors (Lipinski definition) is 4. The fraction of sp³-hybridized carbons (Fsp3) is 0.364. The molecule has 4 N–H and O–H groups in total. The van der Waals surface area contributed by atoms with Crippen LogP contribution >= 0.6 is 0 Å². The summed E-state index contributed by atoms with van der Waals surface area (Å²) in [6, 6.07) is 5.16. The number of nitrogens with one attached hydrogen (secondary N) is 1. The molecule has 0 aromatic heterocycles. The molecule has 0 aliphatic carbocycles. The highest BCUT2D eigenvalue weighted by atomic mass is 32.2. The van der Waals surface area contributed by atoms with Gasteiger partial charge in [0.15, 0.2) is 9.84 Å². The van der Waals surface area contributed by atoms with Gasteiger partial charge in [-0.15, -0.1) is 0 Å². The van der Waals surface area contributed by atoms with Crippen LogP contribution in [0.15, 0.2) is 29.2 Å². The first-order valence-corrected chi connectivity index (χ1v) is 7.06. The van der Waals surface area contributed by atoms with Crippen molar-refractivity contribution in [2.75, 3.05) is 12.3 Å². The van der Waals surface area contributed by atoms with Crippen molar-refractivity contribution < 1.29 is 18.3 Å². The summed E-state index contributed by atoms with van der Waals surface area (Å²) in [5.74, 6) is 0.0259. The van der Waals surface area contributed by atoms with Crippen molar-refractivity contribution in [3.63, 3.8) is 0 Å². The smallest absolute Gasteiger partial charge is 0.312 e. The lowest BCUT2D eigenvalue weighted by Gasteiger charge is -2.11. The van der Waals surface area contributed by atoms with Gasteiger partial charge in [-0.3, -0.25) is 0 Å². The lowest BCUT2D eigenvalue weighted by molar-refractivity contribution is 0.174. The number of aliphatic hydroxyl groups is 1. The van der Waals surface area contributed by atoms with E-state index in [1.165, 1.54) is 24.3 Å². The first-order chi connectivity index (χ1) is 8.36. The highest BCUT2D eigenvalue weighted by Crippen LogP contribution is 2.16. The van der Waals surface area contributed by atoms with E-state index in [4.69, 9.17) is 5.73 Å².